The Bertz CT molecular complexity index is 77.4. The van der Waals surface area contributed by atoms with E-state index in [1.165, 1.54) is 0 Å². The van der Waals surface area contributed by atoms with Gasteiger partial charge in [-0.05, 0) is 6.92 Å². The van der Waals surface area contributed by atoms with Crippen LogP contribution in [0.25, 0.3) is 0 Å². The molecule has 0 rings (SSSR count). The summed E-state index contributed by atoms with van der Waals surface area (Å²) in [5.41, 5.74) is 0. The number of ether oxygens (including phenoxy) is 1. The monoisotopic (exact) mass is 132 g/mol. The molecule has 0 spiro atoms. The first kappa shape index (κ1) is 8.39. The third-order valence-corrected chi connectivity index (χ3v) is 0.833. The second-order valence-electron chi connectivity index (χ2n) is 1.54. The van der Waals surface area contributed by atoms with Gasteiger partial charge in [-0.15, -0.1) is 0 Å². The van der Waals surface area contributed by atoms with E-state index >= 15 is 0 Å². The van der Waals surface area contributed by atoms with Crippen LogP contribution in [0.2, 0.25) is 0 Å². The van der Waals surface area contributed by atoms with E-state index in [1.54, 1.807) is 0 Å². The van der Waals surface area contributed by atoms with Crippen molar-refractivity contribution in [3.8, 4) is 0 Å². The summed E-state index contributed by atoms with van der Waals surface area (Å²) in [5, 5.41) is 1.05. The minimum absolute atomic E-state index is 0.456. The molecular weight excluding hydrogens is 120 g/mol. The molecule has 0 aliphatic heterocycles. The molecule has 0 aliphatic rings. The van der Waals surface area contributed by atoms with Gasteiger partial charge in [0.15, 0.2) is 0 Å². The molecule has 0 heterocycles. The zero-order chi connectivity index (χ0) is 7.11. The number of nitrogens with two attached hydrogens (primary N) is 1. The predicted octanol–water partition coefficient (Wildman–Crippen LogP) is -0.645. The smallest absolute Gasteiger partial charge is 0.223 e. The van der Waals surface area contributed by atoms with E-state index in [0.29, 0.717) is 26.2 Å². The Morgan fingerprint density at radius 3 is 2.89 bits per heavy atom. The van der Waals surface area contributed by atoms with E-state index in [1.807, 2.05) is 6.92 Å². The molecule has 0 aromatic heterocycles. The van der Waals surface area contributed by atoms with Gasteiger partial charge in [0.05, 0.1) is 13.2 Å². The van der Waals surface area contributed by atoms with E-state index in [9.17, 15) is 4.79 Å². The first-order valence-corrected chi connectivity index (χ1v) is 2.85. The average molecular weight is 132 g/mol. The van der Waals surface area contributed by atoms with Crippen molar-refractivity contribution < 1.29 is 9.53 Å². The molecule has 0 bridgehead atoms. The summed E-state index contributed by atoms with van der Waals surface area (Å²) in [4.78, 5) is 9.84. The Hall–Kier alpha value is -0.610. The highest BCUT2D eigenvalue weighted by Gasteiger charge is 1.90. The number of rotatable bonds is 5. The van der Waals surface area contributed by atoms with E-state index in [4.69, 9.17) is 10.6 Å². The second-order valence-corrected chi connectivity index (χ2v) is 1.54. The van der Waals surface area contributed by atoms with Gasteiger partial charge >= 0.3 is 0 Å². The van der Waals surface area contributed by atoms with Crippen LogP contribution in [0.5, 0.6) is 0 Å². The van der Waals surface area contributed by atoms with Crippen molar-refractivity contribution in [3.05, 3.63) is 0 Å². The molecule has 1 amide bonds. The lowest BCUT2D eigenvalue weighted by Crippen LogP contribution is -2.32. The number of carbonyl (C=O) groups is 1. The Labute approximate surface area is 54.5 Å². The number of nitrogens with zero attached hydrogens (tertiary/aromatic N) is 1. The molecule has 4 heteroatoms. The van der Waals surface area contributed by atoms with E-state index in [2.05, 4.69) is 0 Å². The van der Waals surface area contributed by atoms with E-state index in [0.717, 1.165) is 5.01 Å². The van der Waals surface area contributed by atoms with Crippen LogP contribution in [0.4, 0.5) is 0 Å². The lowest BCUT2D eigenvalue weighted by Gasteiger charge is -2.08. The molecule has 54 valence electrons. The summed E-state index contributed by atoms with van der Waals surface area (Å²) in [6.45, 7) is 3.51. The van der Waals surface area contributed by atoms with Gasteiger partial charge in [-0.25, -0.2) is 5.84 Å². The highest BCUT2D eigenvalue weighted by molar-refractivity contribution is 5.45. The van der Waals surface area contributed by atoms with Gasteiger partial charge < -0.3 is 4.74 Å². The SMILES string of the molecule is CCOCCN(N)C=O. The number of hydrogen-bond donors (Lipinski definition) is 1. The Kier molecular flexibility index (Phi) is 5.15. The van der Waals surface area contributed by atoms with Crippen LogP contribution in [-0.2, 0) is 9.53 Å². The maximum Gasteiger partial charge on any atom is 0.223 e. The molecule has 0 aliphatic carbocycles. The molecule has 4 nitrogen and oxygen atoms in total. The van der Waals surface area contributed by atoms with E-state index < -0.39 is 0 Å². The summed E-state index contributed by atoms with van der Waals surface area (Å²) in [7, 11) is 0. The van der Waals surface area contributed by atoms with Crippen molar-refractivity contribution in [1.82, 2.24) is 5.01 Å². The van der Waals surface area contributed by atoms with Crippen LogP contribution in [0.3, 0.4) is 0 Å². The fraction of sp³-hybridized carbons (Fsp3) is 0.800. The summed E-state index contributed by atoms with van der Waals surface area (Å²) in [6.07, 6.45) is 0.568. The maximum atomic E-state index is 9.84. The van der Waals surface area contributed by atoms with Crippen LogP contribution in [0, 0.1) is 0 Å². The minimum Gasteiger partial charge on any atom is -0.380 e. The fourth-order valence-electron chi connectivity index (χ4n) is 0.367. The number of hydrazine groups is 1. The van der Waals surface area contributed by atoms with Crippen molar-refractivity contribution >= 4 is 6.41 Å². The van der Waals surface area contributed by atoms with Crippen molar-refractivity contribution in [3.63, 3.8) is 0 Å². The summed E-state index contributed by atoms with van der Waals surface area (Å²) in [6, 6.07) is 0. The van der Waals surface area contributed by atoms with Gasteiger partial charge in [0, 0.05) is 6.61 Å². The molecule has 0 saturated heterocycles. The lowest BCUT2D eigenvalue weighted by molar-refractivity contribution is -0.119. The van der Waals surface area contributed by atoms with Gasteiger partial charge in [0.25, 0.3) is 0 Å². The van der Waals surface area contributed by atoms with Crippen molar-refractivity contribution in [1.29, 1.82) is 0 Å². The molecule has 0 saturated carbocycles. The zero-order valence-corrected chi connectivity index (χ0v) is 5.54. The Balaban J connectivity index is 2.96. The molecule has 0 atom stereocenters. The normalized spacial score (nSPS) is 9.11. The first-order chi connectivity index (χ1) is 4.31. The highest BCUT2D eigenvalue weighted by atomic mass is 16.5. The van der Waals surface area contributed by atoms with E-state index in [-0.39, 0.29) is 0 Å². The summed E-state index contributed by atoms with van der Waals surface area (Å²) >= 11 is 0. The first-order valence-electron chi connectivity index (χ1n) is 2.85. The molecule has 0 aromatic carbocycles. The third-order valence-electron chi connectivity index (χ3n) is 0.833. The minimum atomic E-state index is 0.456. The lowest BCUT2D eigenvalue weighted by atomic mass is 10.7. The molecule has 0 aromatic rings. The molecule has 2 N–H and O–H groups in total. The van der Waals surface area contributed by atoms with Gasteiger partial charge in [-0.2, -0.15) is 0 Å². The zero-order valence-electron chi connectivity index (χ0n) is 5.54. The third kappa shape index (κ3) is 5.26. The predicted molar refractivity (Wildman–Crippen MR) is 33.5 cm³/mol. The van der Waals surface area contributed by atoms with Gasteiger partial charge in [-0.1, -0.05) is 0 Å². The van der Waals surface area contributed by atoms with Crippen LogP contribution >= 0.6 is 0 Å². The topological polar surface area (TPSA) is 55.6 Å². The van der Waals surface area contributed by atoms with Crippen LogP contribution in [0.15, 0.2) is 0 Å². The number of carbonyl (C=O) groups excluding carboxylic acids is 1. The van der Waals surface area contributed by atoms with Gasteiger partial charge in [0.1, 0.15) is 0 Å². The van der Waals surface area contributed by atoms with Crippen LogP contribution in [0.1, 0.15) is 6.92 Å². The Morgan fingerprint density at radius 1 is 1.78 bits per heavy atom. The summed E-state index contributed by atoms with van der Waals surface area (Å²) in [5.74, 6) is 5.10. The molecule has 9 heavy (non-hydrogen) atoms. The molecule has 0 radical (unpaired) electrons. The number of amides is 1. The van der Waals surface area contributed by atoms with Crippen LogP contribution < -0.4 is 5.84 Å². The van der Waals surface area contributed by atoms with Crippen molar-refractivity contribution in [2.24, 2.45) is 5.84 Å². The Morgan fingerprint density at radius 2 is 2.44 bits per heavy atom. The van der Waals surface area contributed by atoms with Gasteiger partial charge in [-0.3, -0.25) is 9.80 Å². The average Bonchev–Trinajstić information content (AvgIpc) is 1.89. The van der Waals surface area contributed by atoms with Gasteiger partial charge in [0.2, 0.25) is 6.41 Å². The van der Waals surface area contributed by atoms with Crippen molar-refractivity contribution in [2.75, 3.05) is 19.8 Å². The largest absolute Gasteiger partial charge is 0.380 e. The molecule has 0 fully saturated rings. The quantitative estimate of drug-likeness (QED) is 0.178. The molecule has 0 unspecified atom stereocenters. The molecular formula is C5H12N2O2. The van der Waals surface area contributed by atoms with Crippen LogP contribution in [-0.4, -0.2) is 31.2 Å². The second kappa shape index (κ2) is 5.53. The summed E-state index contributed by atoms with van der Waals surface area (Å²) < 4.78 is 4.93. The number of hydrogen-bond acceptors (Lipinski definition) is 3. The fourth-order valence-corrected chi connectivity index (χ4v) is 0.367. The highest BCUT2D eigenvalue weighted by Crippen LogP contribution is 1.74. The van der Waals surface area contributed by atoms with Crippen molar-refractivity contribution in [2.45, 2.75) is 6.92 Å². The maximum absolute atomic E-state index is 9.84. The standard InChI is InChI=1S/C5H12N2O2/c1-2-9-4-3-7(6)5-8/h5H,2-4,6H2,1H3.